The lowest BCUT2D eigenvalue weighted by Gasteiger charge is -2.01. The molecule has 0 radical (unpaired) electrons. The van der Waals surface area contributed by atoms with Gasteiger partial charge in [0.2, 0.25) is 5.91 Å². The molecule has 86 valence electrons. The number of aryl methyl sites for hydroxylation is 1. The SMILES string of the molecule is CC.CC.CC(=O)Nc1cccc(C)c1. The van der Waals surface area contributed by atoms with E-state index in [4.69, 9.17) is 0 Å². The highest BCUT2D eigenvalue weighted by molar-refractivity contribution is 5.88. The van der Waals surface area contributed by atoms with Crippen LogP contribution < -0.4 is 5.32 Å². The second-order valence-corrected chi connectivity index (χ2v) is 2.55. The fourth-order valence-corrected chi connectivity index (χ4v) is 0.926. The largest absolute Gasteiger partial charge is 0.326 e. The van der Waals surface area contributed by atoms with Crippen molar-refractivity contribution >= 4 is 11.6 Å². The van der Waals surface area contributed by atoms with Crippen molar-refractivity contribution in [2.24, 2.45) is 0 Å². The first-order chi connectivity index (χ1) is 7.18. The van der Waals surface area contributed by atoms with Gasteiger partial charge in [-0.25, -0.2) is 0 Å². The van der Waals surface area contributed by atoms with Gasteiger partial charge in [-0.2, -0.15) is 0 Å². The fourth-order valence-electron chi connectivity index (χ4n) is 0.926. The van der Waals surface area contributed by atoms with Crippen molar-refractivity contribution in [3.63, 3.8) is 0 Å². The predicted molar refractivity (Wildman–Crippen MR) is 68.2 cm³/mol. The molecule has 0 saturated heterocycles. The zero-order valence-corrected chi connectivity index (χ0v) is 10.7. The molecule has 0 saturated carbocycles. The summed E-state index contributed by atoms with van der Waals surface area (Å²) in [5.41, 5.74) is 2.01. The van der Waals surface area contributed by atoms with Crippen molar-refractivity contribution in [2.75, 3.05) is 5.32 Å². The van der Waals surface area contributed by atoms with Crippen molar-refractivity contribution < 1.29 is 4.79 Å². The summed E-state index contributed by atoms with van der Waals surface area (Å²) < 4.78 is 0. The van der Waals surface area contributed by atoms with Gasteiger partial charge in [-0.15, -0.1) is 0 Å². The number of anilines is 1. The lowest BCUT2D eigenvalue weighted by Crippen LogP contribution is -2.05. The molecular formula is C13H23NO. The lowest BCUT2D eigenvalue weighted by molar-refractivity contribution is -0.114. The zero-order chi connectivity index (χ0) is 12.3. The van der Waals surface area contributed by atoms with Gasteiger partial charge in [0.25, 0.3) is 0 Å². The van der Waals surface area contributed by atoms with E-state index in [9.17, 15) is 4.79 Å². The van der Waals surface area contributed by atoms with Gasteiger partial charge in [0.05, 0.1) is 0 Å². The third-order valence-corrected chi connectivity index (χ3v) is 1.34. The Morgan fingerprint density at radius 3 is 2.07 bits per heavy atom. The van der Waals surface area contributed by atoms with Crippen LogP contribution in [0.5, 0.6) is 0 Å². The van der Waals surface area contributed by atoms with Gasteiger partial charge >= 0.3 is 0 Å². The van der Waals surface area contributed by atoms with E-state index < -0.39 is 0 Å². The molecule has 0 fully saturated rings. The molecule has 0 unspecified atom stereocenters. The Balaban J connectivity index is 0. The van der Waals surface area contributed by atoms with E-state index in [1.807, 2.05) is 58.9 Å². The first-order valence-electron chi connectivity index (χ1n) is 5.53. The smallest absolute Gasteiger partial charge is 0.221 e. The summed E-state index contributed by atoms with van der Waals surface area (Å²) in [6, 6.07) is 7.71. The average molecular weight is 209 g/mol. The number of hydrogen-bond donors (Lipinski definition) is 1. The van der Waals surface area contributed by atoms with Gasteiger partial charge in [-0.3, -0.25) is 4.79 Å². The van der Waals surface area contributed by atoms with Crippen LogP contribution in [0.1, 0.15) is 40.2 Å². The molecule has 1 aromatic carbocycles. The third kappa shape index (κ3) is 9.01. The Morgan fingerprint density at radius 1 is 1.13 bits per heavy atom. The van der Waals surface area contributed by atoms with Crippen molar-refractivity contribution in [3.8, 4) is 0 Å². The Hall–Kier alpha value is -1.31. The maximum atomic E-state index is 10.6. The molecule has 0 heterocycles. The molecule has 15 heavy (non-hydrogen) atoms. The van der Waals surface area contributed by atoms with Crippen LogP contribution >= 0.6 is 0 Å². The summed E-state index contributed by atoms with van der Waals surface area (Å²) in [6.07, 6.45) is 0. The predicted octanol–water partition coefficient (Wildman–Crippen LogP) is 4.01. The number of amides is 1. The molecule has 1 N–H and O–H groups in total. The molecule has 0 aliphatic heterocycles. The van der Waals surface area contributed by atoms with Crippen LogP contribution in [0, 0.1) is 6.92 Å². The molecule has 2 heteroatoms. The van der Waals surface area contributed by atoms with Gasteiger partial charge in [0, 0.05) is 12.6 Å². The minimum absolute atomic E-state index is 0.0319. The molecule has 0 aliphatic rings. The molecule has 0 spiro atoms. The van der Waals surface area contributed by atoms with Gasteiger partial charge in [0.1, 0.15) is 0 Å². The molecule has 2 nitrogen and oxygen atoms in total. The Labute approximate surface area is 93.7 Å². The third-order valence-electron chi connectivity index (χ3n) is 1.34. The first-order valence-corrected chi connectivity index (χ1v) is 5.53. The zero-order valence-electron chi connectivity index (χ0n) is 10.7. The van der Waals surface area contributed by atoms with Gasteiger partial charge in [-0.1, -0.05) is 39.8 Å². The maximum absolute atomic E-state index is 10.6. The average Bonchev–Trinajstić information content (AvgIpc) is 2.23. The second kappa shape index (κ2) is 10.8. The van der Waals surface area contributed by atoms with Gasteiger partial charge < -0.3 is 5.32 Å². The van der Waals surface area contributed by atoms with Crippen LogP contribution in [0.2, 0.25) is 0 Å². The Kier molecular flexibility index (Phi) is 11.6. The Morgan fingerprint density at radius 2 is 1.67 bits per heavy atom. The monoisotopic (exact) mass is 209 g/mol. The highest BCUT2D eigenvalue weighted by Gasteiger charge is 1.93. The van der Waals surface area contributed by atoms with Crippen molar-refractivity contribution in [2.45, 2.75) is 41.5 Å². The number of nitrogens with one attached hydrogen (secondary N) is 1. The van der Waals surface area contributed by atoms with Crippen LogP contribution in [-0.4, -0.2) is 5.91 Å². The molecule has 1 rings (SSSR count). The van der Waals surface area contributed by atoms with Crippen LogP contribution in [0.25, 0.3) is 0 Å². The number of rotatable bonds is 1. The molecule has 0 atom stereocenters. The highest BCUT2D eigenvalue weighted by Crippen LogP contribution is 2.08. The van der Waals surface area contributed by atoms with E-state index in [0.717, 1.165) is 11.3 Å². The molecule has 1 aromatic rings. The summed E-state index contributed by atoms with van der Waals surface area (Å²) in [5, 5.41) is 2.71. The quantitative estimate of drug-likeness (QED) is 0.744. The van der Waals surface area contributed by atoms with E-state index in [1.54, 1.807) is 0 Å². The number of carbonyl (C=O) groups is 1. The van der Waals surface area contributed by atoms with Crippen molar-refractivity contribution in [1.29, 1.82) is 0 Å². The normalized spacial score (nSPS) is 7.60. The standard InChI is InChI=1S/C9H11NO.2C2H6/c1-7-4-3-5-9(6-7)10-8(2)11;2*1-2/h3-6H,1-2H3,(H,10,11);2*1-2H3. The van der Waals surface area contributed by atoms with Crippen LogP contribution in [0.3, 0.4) is 0 Å². The van der Waals surface area contributed by atoms with E-state index in [0.29, 0.717) is 0 Å². The summed E-state index contributed by atoms with van der Waals surface area (Å²) in [6.45, 7) is 11.5. The van der Waals surface area contributed by atoms with E-state index in [2.05, 4.69) is 5.32 Å². The minimum atomic E-state index is -0.0319. The van der Waals surface area contributed by atoms with Crippen molar-refractivity contribution in [1.82, 2.24) is 0 Å². The van der Waals surface area contributed by atoms with E-state index in [1.165, 1.54) is 6.92 Å². The Bertz CT molecular complexity index is 269. The molecule has 0 bridgehead atoms. The summed E-state index contributed by atoms with van der Waals surface area (Å²) in [7, 11) is 0. The minimum Gasteiger partial charge on any atom is -0.326 e. The topological polar surface area (TPSA) is 29.1 Å². The van der Waals surface area contributed by atoms with Crippen molar-refractivity contribution in [3.05, 3.63) is 29.8 Å². The van der Waals surface area contributed by atoms with E-state index >= 15 is 0 Å². The van der Waals surface area contributed by atoms with Crippen LogP contribution in [0.15, 0.2) is 24.3 Å². The van der Waals surface area contributed by atoms with Crippen LogP contribution in [-0.2, 0) is 4.79 Å². The fraction of sp³-hybridized carbons (Fsp3) is 0.462. The van der Waals surface area contributed by atoms with E-state index in [-0.39, 0.29) is 5.91 Å². The molecule has 0 aromatic heterocycles. The summed E-state index contributed by atoms with van der Waals surface area (Å²) in [4.78, 5) is 10.6. The number of hydrogen-bond acceptors (Lipinski definition) is 1. The number of benzene rings is 1. The summed E-state index contributed by atoms with van der Waals surface area (Å²) in [5.74, 6) is -0.0319. The summed E-state index contributed by atoms with van der Waals surface area (Å²) >= 11 is 0. The lowest BCUT2D eigenvalue weighted by atomic mass is 10.2. The molecule has 0 aliphatic carbocycles. The second-order valence-electron chi connectivity index (χ2n) is 2.55. The highest BCUT2D eigenvalue weighted by atomic mass is 16.1. The van der Waals surface area contributed by atoms with Crippen LogP contribution in [0.4, 0.5) is 5.69 Å². The molecule has 1 amide bonds. The first kappa shape index (κ1) is 16.1. The van der Waals surface area contributed by atoms with Gasteiger partial charge in [-0.05, 0) is 24.6 Å². The number of carbonyl (C=O) groups excluding carboxylic acids is 1. The molecular weight excluding hydrogens is 186 g/mol. The maximum Gasteiger partial charge on any atom is 0.221 e. The van der Waals surface area contributed by atoms with Gasteiger partial charge in [0.15, 0.2) is 0 Å².